The number of carbonyl (C=O) groups excluding carboxylic acids is 1. The van der Waals surface area contributed by atoms with Crippen molar-refractivity contribution >= 4 is 5.91 Å². The van der Waals surface area contributed by atoms with Crippen LogP contribution in [0.4, 0.5) is 0 Å². The van der Waals surface area contributed by atoms with E-state index < -0.39 is 0 Å². The molecule has 0 spiro atoms. The molecule has 6 nitrogen and oxygen atoms in total. The van der Waals surface area contributed by atoms with Crippen LogP contribution < -0.4 is 9.47 Å². The number of likely N-dealkylation sites (tertiary alicyclic amines) is 1. The van der Waals surface area contributed by atoms with Crippen molar-refractivity contribution in [3.63, 3.8) is 0 Å². The third-order valence-corrected chi connectivity index (χ3v) is 5.66. The first-order chi connectivity index (χ1) is 14.7. The molecular weight excluding hydrogens is 378 g/mol. The summed E-state index contributed by atoms with van der Waals surface area (Å²) in [6.07, 6.45) is 6.92. The van der Waals surface area contributed by atoms with Gasteiger partial charge in [-0.25, -0.2) is 4.68 Å². The largest absolute Gasteiger partial charge is 0.497 e. The molecule has 1 unspecified atom stereocenters. The summed E-state index contributed by atoms with van der Waals surface area (Å²) in [6.45, 7) is 0.780. The van der Waals surface area contributed by atoms with Crippen molar-refractivity contribution in [3.8, 4) is 17.2 Å². The van der Waals surface area contributed by atoms with Crippen LogP contribution in [0.3, 0.4) is 0 Å². The van der Waals surface area contributed by atoms with Gasteiger partial charge in [-0.1, -0.05) is 18.2 Å². The molecule has 4 rings (SSSR count). The lowest BCUT2D eigenvalue weighted by molar-refractivity contribution is -0.132. The smallest absolute Gasteiger partial charge is 0.223 e. The van der Waals surface area contributed by atoms with Gasteiger partial charge in [0.1, 0.15) is 11.5 Å². The number of nitrogens with zero attached hydrogens (tertiary/aromatic N) is 3. The zero-order valence-electron chi connectivity index (χ0n) is 17.5. The maximum absolute atomic E-state index is 13.0. The van der Waals surface area contributed by atoms with Gasteiger partial charge in [0.25, 0.3) is 0 Å². The molecule has 0 saturated carbocycles. The van der Waals surface area contributed by atoms with Crippen molar-refractivity contribution in [3.05, 3.63) is 72.1 Å². The van der Waals surface area contributed by atoms with Crippen molar-refractivity contribution in [2.24, 2.45) is 0 Å². The highest BCUT2D eigenvalue weighted by Gasteiger charge is 2.31. The van der Waals surface area contributed by atoms with Crippen molar-refractivity contribution < 1.29 is 14.3 Å². The fourth-order valence-corrected chi connectivity index (χ4v) is 4.09. The molecule has 0 bridgehead atoms. The highest BCUT2D eigenvalue weighted by Crippen LogP contribution is 2.39. The van der Waals surface area contributed by atoms with Gasteiger partial charge in [0.05, 0.1) is 32.1 Å². The number of rotatable bonds is 7. The average molecular weight is 405 g/mol. The third kappa shape index (κ3) is 4.17. The van der Waals surface area contributed by atoms with E-state index in [9.17, 15) is 4.79 Å². The predicted molar refractivity (Wildman–Crippen MR) is 115 cm³/mol. The van der Waals surface area contributed by atoms with Crippen molar-refractivity contribution in [1.29, 1.82) is 0 Å². The second-order valence-electron chi connectivity index (χ2n) is 7.48. The first kappa shape index (κ1) is 20.0. The lowest BCUT2D eigenvalue weighted by Crippen LogP contribution is -2.30. The minimum Gasteiger partial charge on any atom is -0.497 e. The molecule has 1 aliphatic rings. The van der Waals surface area contributed by atoms with Gasteiger partial charge in [-0.15, -0.1) is 0 Å². The summed E-state index contributed by atoms with van der Waals surface area (Å²) in [5.74, 6) is 1.69. The van der Waals surface area contributed by atoms with Crippen molar-refractivity contribution in [2.75, 3.05) is 20.8 Å². The summed E-state index contributed by atoms with van der Waals surface area (Å²) in [5.41, 5.74) is 3.12. The van der Waals surface area contributed by atoms with Crippen LogP contribution in [0.1, 0.15) is 36.4 Å². The van der Waals surface area contributed by atoms with Crippen LogP contribution in [0.2, 0.25) is 0 Å². The number of amides is 1. The third-order valence-electron chi connectivity index (χ3n) is 5.66. The van der Waals surface area contributed by atoms with Gasteiger partial charge in [-0.3, -0.25) is 4.79 Å². The molecule has 156 valence electrons. The molecule has 0 N–H and O–H groups in total. The molecule has 0 aliphatic carbocycles. The van der Waals surface area contributed by atoms with Gasteiger partial charge in [-0.2, -0.15) is 5.10 Å². The second kappa shape index (κ2) is 9.03. The summed E-state index contributed by atoms with van der Waals surface area (Å²) in [7, 11) is 3.30. The minimum absolute atomic E-state index is 0.0467. The first-order valence-electron chi connectivity index (χ1n) is 10.3. The SMILES string of the molecule is COc1ccc(C2CCCN2C(=O)CCc2cnn(-c3ccccc3)c2)c(OC)c1. The standard InChI is InChI=1S/C24H27N3O3/c1-29-20-11-12-21(23(15-20)30-2)22-9-6-14-26(22)24(28)13-10-18-16-25-27(17-18)19-7-4-3-5-8-19/h3-5,7-8,11-12,15-17,22H,6,9-10,13-14H2,1-2H3. The molecule has 2 heterocycles. The normalized spacial score (nSPS) is 15.9. The summed E-state index contributed by atoms with van der Waals surface area (Å²) >= 11 is 0. The van der Waals surface area contributed by atoms with Gasteiger partial charge in [0, 0.05) is 30.8 Å². The maximum atomic E-state index is 13.0. The van der Waals surface area contributed by atoms with Crippen LogP contribution in [0.5, 0.6) is 11.5 Å². The zero-order chi connectivity index (χ0) is 20.9. The molecule has 1 aliphatic heterocycles. The van der Waals surface area contributed by atoms with Gasteiger partial charge in [0.2, 0.25) is 5.91 Å². The molecule has 1 aromatic heterocycles. The van der Waals surface area contributed by atoms with Crippen LogP contribution in [-0.4, -0.2) is 41.4 Å². The number of methoxy groups -OCH3 is 2. The first-order valence-corrected chi connectivity index (χ1v) is 10.3. The van der Waals surface area contributed by atoms with Crippen LogP contribution in [0.25, 0.3) is 5.69 Å². The van der Waals surface area contributed by atoms with E-state index in [2.05, 4.69) is 5.10 Å². The van der Waals surface area contributed by atoms with Crippen LogP contribution in [-0.2, 0) is 11.2 Å². The van der Waals surface area contributed by atoms with Gasteiger partial charge < -0.3 is 14.4 Å². The summed E-state index contributed by atoms with van der Waals surface area (Å²) < 4.78 is 12.7. The molecule has 1 amide bonds. The Hall–Kier alpha value is -3.28. The number of ether oxygens (including phenoxy) is 2. The van der Waals surface area contributed by atoms with E-state index in [0.29, 0.717) is 12.8 Å². The fourth-order valence-electron chi connectivity index (χ4n) is 4.09. The Labute approximate surface area is 177 Å². The van der Waals surface area contributed by atoms with Crippen LogP contribution >= 0.6 is 0 Å². The van der Waals surface area contributed by atoms with E-state index in [0.717, 1.165) is 47.7 Å². The Morgan fingerprint density at radius 1 is 1.13 bits per heavy atom. The Kier molecular flexibility index (Phi) is 6.02. The van der Waals surface area contributed by atoms with Crippen LogP contribution in [0.15, 0.2) is 60.9 Å². The highest BCUT2D eigenvalue weighted by molar-refractivity contribution is 5.77. The van der Waals surface area contributed by atoms with E-state index in [1.54, 1.807) is 14.2 Å². The summed E-state index contributed by atoms with van der Waals surface area (Å²) in [4.78, 5) is 15.0. The Bertz CT molecular complexity index is 1000. The van der Waals surface area contributed by atoms with Crippen molar-refractivity contribution in [2.45, 2.75) is 31.7 Å². The monoisotopic (exact) mass is 405 g/mol. The second-order valence-corrected chi connectivity index (χ2v) is 7.48. The molecule has 3 aromatic rings. The van der Waals surface area contributed by atoms with E-state index >= 15 is 0 Å². The van der Waals surface area contributed by atoms with Gasteiger partial charge in [0.15, 0.2) is 0 Å². The lowest BCUT2D eigenvalue weighted by atomic mass is 10.0. The average Bonchev–Trinajstić information content (AvgIpc) is 3.47. The molecule has 0 radical (unpaired) electrons. The number of aromatic nitrogens is 2. The Balaban J connectivity index is 1.43. The quantitative estimate of drug-likeness (QED) is 0.592. The molecule has 1 atom stereocenters. The number of carbonyl (C=O) groups is 1. The molecular formula is C24H27N3O3. The van der Waals surface area contributed by atoms with E-state index in [4.69, 9.17) is 9.47 Å². The number of hydrogen-bond donors (Lipinski definition) is 0. The summed E-state index contributed by atoms with van der Waals surface area (Å²) in [5, 5.41) is 4.43. The number of para-hydroxylation sites is 1. The van der Waals surface area contributed by atoms with E-state index in [-0.39, 0.29) is 11.9 Å². The topological polar surface area (TPSA) is 56.6 Å². The van der Waals surface area contributed by atoms with E-state index in [1.807, 2.05) is 70.5 Å². The lowest BCUT2D eigenvalue weighted by Gasteiger charge is -2.26. The molecule has 2 aromatic carbocycles. The molecule has 1 fully saturated rings. The molecule has 30 heavy (non-hydrogen) atoms. The van der Waals surface area contributed by atoms with Crippen molar-refractivity contribution in [1.82, 2.24) is 14.7 Å². The number of benzene rings is 2. The zero-order valence-corrected chi connectivity index (χ0v) is 17.5. The maximum Gasteiger partial charge on any atom is 0.223 e. The Morgan fingerprint density at radius 3 is 2.73 bits per heavy atom. The molecule has 6 heteroatoms. The highest BCUT2D eigenvalue weighted by atomic mass is 16.5. The number of hydrogen-bond acceptors (Lipinski definition) is 4. The van der Waals surface area contributed by atoms with Gasteiger partial charge in [-0.05, 0) is 49.1 Å². The minimum atomic E-state index is 0.0467. The summed E-state index contributed by atoms with van der Waals surface area (Å²) in [6, 6.07) is 15.9. The Morgan fingerprint density at radius 2 is 1.97 bits per heavy atom. The number of aryl methyl sites for hydroxylation is 1. The molecule has 1 saturated heterocycles. The van der Waals surface area contributed by atoms with Gasteiger partial charge >= 0.3 is 0 Å². The van der Waals surface area contributed by atoms with Crippen LogP contribution in [0, 0.1) is 0 Å². The van der Waals surface area contributed by atoms with E-state index in [1.165, 1.54) is 0 Å². The fraction of sp³-hybridized carbons (Fsp3) is 0.333. The predicted octanol–water partition coefficient (Wildman–Crippen LogP) is 4.19.